The van der Waals surface area contributed by atoms with Gasteiger partial charge in [0, 0.05) is 13.1 Å². The Morgan fingerprint density at radius 2 is 1.33 bits per heavy atom. The molecule has 0 aliphatic carbocycles. The first-order chi connectivity index (χ1) is 5.54. The van der Waals surface area contributed by atoms with Crippen molar-refractivity contribution in [1.82, 2.24) is 0 Å². The van der Waals surface area contributed by atoms with E-state index < -0.39 is 17.4 Å². The number of carbonyl (C=O) groups excluding carboxylic acids is 2. The topological polar surface area (TPSA) is 77.3 Å². The monoisotopic (exact) mass is 202 g/mol. The Labute approximate surface area is 70.6 Å². The maximum absolute atomic E-state index is 9.87. The molecule has 0 atom stereocenters. The maximum Gasteiger partial charge on any atom is 0.470 e. The largest absolute Gasteiger partial charge is 0.470 e. The highest BCUT2D eigenvalue weighted by Gasteiger charge is 2.60. The first kappa shape index (κ1) is 9.20. The zero-order valence-corrected chi connectivity index (χ0v) is 8.53. The Balaban J connectivity index is 2.67. The van der Waals surface area contributed by atoms with E-state index in [1.165, 1.54) is 12.2 Å². The van der Waals surface area contributed by atoms with Gasteiger partial charge in [0.1, 0.15) is 0 Å². The molecule has 1 aliphatic heterocycles. The first-order valence-corrected chi connectivity index (χ1v) is 7.65. The van der Waals surface area contributed by atoms with Crippen molar-refractivity contribution in [1.29, 1.82) is 0 Å². The van der Waals surface area contributed by atoms with Crippen LogP contribution >= 0.6 is 0 Å². The third-order valence-corrected chi connectivity index (χ3v) is 8.31. The van der Waals surface area contributed by atoms with Crippen molar-refractivity contribution in [2.45, 2.75) is 13.1 Å². The van der Waals surface area contributed by atoms with E-state index in [1.807, 2.05) is 0 Å². The zero-order chi connectivity index (χ0) is 9.24. The average Bonchev–Trinajstić information content (AvgIpc) is 1.84. The van der Waals surface area contributed by atoms with Gasteiger partial charge in [0.2, 0.25) is 12.2 Å². The smallest absolute Gasteiger partial charge is 0.380 e. The predicted octanol–water partition coefficient (Wildman–Crippen LogP) is -0.158. The number of rotatable bonds is 2. The molecule has 1 heterocycles. The lowest BCUT2D eigenvalue weighted by Crippen LogP contribution is -2.66. The van der Waals surface area contributed by atoms with Crippen LogP contribution in [0.5, 0.6) is 0 Å². The first-order valence-electron chi connectivity index (χ1n) is 3.12. The lowest BCUT2D eigenvalue weighted by molar-refractivity contribution is 0.226. The summed E-state index contributed by atoms with van der Waals surface area (Å²) in [5.41, 5.74) is 0. The lowest BCUT2D eigenvalue weighted by Gasteiger charge is -2.41. The van der Waals surface area contributed by atoms with Gasteiger partial charge in [0.15, 0.2) is 0 Å². The van der Waals surface area contributed by atoms with Gasteiger partial charge in [-0.1, -0.05) is 0 Å². The van der Waals surface area contributed by atoms with Crippen molar-refractivity contribution in [3.63, 3.8) is 0 Å². The van der Waals surface area contributed by atoms with Crippen LogP contribution < -0.4 is 0 Å². The van der Waals surface area contributed by atoms with Gasteiger partial charge in [0.05, 0.1) is 0 Å². The van der Waals surface area contributed by atoms with Crippen LogP contribution in [-0.2, 0) is 17.8 Å². The fourth-order valence-corrected chi connectivity index (χ4v) is 7.71. The van der Waals surface area contributed by atoms with E-state index in [0.717, 1.165) is 0 Å². The number of hydrogen-bond donors (Lipinski definition) is 0. The van der Waals surface area contributed by atoms with Crippen LogP contribution in [0.25, 0.3) is 0 Å². The third kappa shape index (κ3) is 1.64. The Bertz CT molecular complexity index is 259. The standard InChI is InChI=1S/C4H6N2O4Si2/c1-11(5-3-7)9-12(2,10-11)6-4-8/h1-2H3. The van der Waals surface area contributed by atoms with Crippen LogP contribution in [0.2, 0.25) is 13.1 Å². The lowest BCUT2D eigenvalue weighted by atomic mass is 11.7. The van der Waals surface area contributed by atoms with Gasteiger partial charge in [-0.15, -0.1) is 0 Å². The van der Waals surface area contributed by atoms with Crippen LogP contribution in [0.15, 0.2) is 9.32 Å². The zero-order valence-electron chi connectivity index (χ0n) is 6.53. The minimum absolute atomic E-state index is 1.36. The van der Waals surface area contributed by atoms with Crippen molar-refractivity contribution in [2.75, 3.05) is 0 Å². The summed E-state index contributed by atoms with van der Waals surface area (Å²) in [4.78, 5) is 19.7. The van der Waals surface area contributed by atoms with Crippen molar-refractivity contribution in [3.05, 3.63) is 0 Å². The summed E-state index contributed by atoms with van der Waals surface area (Å²) in [6.07, 6.45) is 2.72. The van der Waals surface area contributed by atoms with E-state index in [2.05, 4.69) is 9.32 Å². The molecule has 0 amide bonds. The quantitative estimate of drug-likeness (QED) is 0.354. The summed E-state index contributed by atoms with van der Waals surface area (Å²) in [6.45, 7) is 3.15. The molecule has 1 aliphatic rings. The molecule has 6 nitrogen and oxygen atoms in total. The molecule has 0 bridgehead atoms. The summed E-state index contributed by atoms with van der Waals surface area (Å²) in [6, 6.07) is 0. The molecule has 0 saturated carbocycles. The molecule has 8 heteroatoms. The summed E-state index contributed by atoms with van der Waals surface area (Å²) >= 11 is 0. The summed E-state index contributed by atoms with van der Waals surface area (Å²) in [5.74, 6) is 0. The second-order valence-electron chi connectivity index (χ2n) is 2.41. The summed E-state index contributed by atoms with van der Waals surface area (Å²) in [7, 11) is -5.36. The molecule has 1 rings (SSSR count). The second-order valence-corrected chi connectivity index (χ2v) is 8.08. The highest BCUT2D eigenvalue weighted by atomic mass is 28.5. The fourth-order valence-electron chi connectivity index (χ4n) is 0.968. The van der Waals surface area contributed by atoms with Crippen molar-refractivity contribution in [3.8, 4) is 0 Å². The molecule has 0 radical (unpaired) electrons. The molecule has 12 heavy (non-hydrogen) atoms. The van der Waals surface area contributed by atoms with E-state index in [0.29, 0.717) is 0 Å². The average molecular weight is 202 g/mol. The normalized spacial score (nSPS) is 38.8. The van der Waals surface area contributed by atoms with E-state index in [4.69, 9.17) is 8.23 Å². The van der Waals surface area contributed by atoms with E-state index in [-0.39, 0.29) is 0 Å². The number of isocyanates is 2. The number of nitrogens with zero attached hydrogens (tertiary/aromatic N) is 2. The Morgan fingerprint density at radius 3 is 1.58 bits per heavy atom. The van der Waals surface area contributed by atoms with Gasteiger partial charge in [-0.3, -0.25) is 0 Å². The minimum atomic E-state index is -2.68. The van der Waals surface area contributed by atoms with E-state index in [1.54, 1.807) is 13.1 Å². The molecule has 1 fully saturated rings. The summed E-state index contributed by atoms with van der Waals surface area (Å²) in [5, 5.41) is 0. The summed E-state index contributed by atoms with van der Waals surface area (Å²) < 4.78 is 17.1. The van der Waals surface area contributed by atoms with Crippen LogP contribution in [0, 0.1) is 0 Å². The maximum atomic E-state index is 9.87. The van der Waals surface area contributed by atoms with Crippen molar-refractivity contribution < 1.29 is 17.8 Å². The minimum Gasteiger partial charge on any atom is -0.380 e. The molecule has 0 N–H and O–H groups in total. The van der Waals surface area contributed by atoms with Gasteiger partial charge in [-0.05, 0) is 0 Å². The molecule has 0 aromatic rings. The Hall–Kier alpha value is -0.886. The highest BCUT2D eigenvalue weighted by Crippen LogP contribution is 2.31. The third-order valence-electron chi connectivity index (χ3n) is 1.25. The van der Waals surface area contributed by atoms with Crippen LogP contribution in [0.4, 0.5) is 0 Å². The Morgan fingerprint density at radius 1 is 1.00 bits per heavy atom. The highest BCUT2D eigenvalue weighted by molar-refractivity contribution is 6.92. The van der Waals surface area contributed by atoms with Gasteiger partial charge in [-0.2, -0.15) is 9.32 Å². The molecule has 0 spiro atoms. The molecular weight excluding hydrogens is 196 g/mol. The van der Waals surface area contributed by atoms with Gasteiger partial charge < -0.3 is 8.23 Å². The SMILES string of the molecule is C[Si]1(N=C=O)O[Si](C)(N=C=O)O1. The fraction of sp³-hybridized carbons (Fsp3) is 0.500. The molecule has 1 saturated heterocycles. The van der Waals surface area contributed by atoms with Crippen LogP contribution in [0.1, 0.15) is 0 Å². The second kappa shape index (κ2) is 2.87. The van der Waals surface area contributed by atoms with Gasteiger partial charge >= 0.3 is 17.4 Å². The number of hydrogen-bond acceptors (Lipinski definition) is 6. The van der Waals surface area contributed by atoms with Gasteiger partial charge in [-0.25, -0.2) is 9.59 Å². The van der Waals surface area contributed by atoms with Crippen molar-refractivity contribution in [2.24, 2.45) is 9.32 Å². The van der Waals surface area contributed by atoms with Crippen molar-refractivity contribution >= 4 is 29.6 Å². The van der Waals surface area contributed by atoms with Gasteiger partial charge in [0.25, 0.3) is 0 Å². The van der Waals surface area contributed by atoms with Crippen LogP contribution in [-0.4, -0.2) is 29.6 Å². The molecule has 0 unspecified atom stereocenters. The predicted molar refractivity (Wildman–Crippen MR) is 41.6 cm³/mol. The van der Waals surface area contributed by atoms with E-state index in [9.17, 15) is 9.59 Å². The molecule has 0 aromatic carbocycles. The van der Waals surface area contributed by atoms with Crippen LogP contribution in [0.3, 0.4) is 0 Å². The Kier molecular flexibility index (Phi) is 2.20. The molecular formula is C4H6N2O4Si2. The molecule has 0 aromatic heterocycles. The van der Waals surface area contributed by atoms with E-state index >= 15 is 0 Å². The molecule has 64 valence electrons.